The van der Waals surface area contributed by atoms with Crippen LogP contribution in [0.1, 0.15) is 17.2 Å². The van der Waals surface area contributed by atoms with Gasteiger partial charge in [-0.3, -0.25) is 9.69 Å². The van der Waals surface area contributed by atoms with Gasteiger partial charge in [0.05, 0.1) is 0 Å². The van der Waals surface area contributed by atoms with Gasteiger partial charge in [0, 0.05) is 52.9 Å². The van der Waals surface area contributed by atoms with E-state index in [2.05, 4.69) is 6.07 Å². The summed E-state index contributed by atoms with van der Waals surface area (Å²) in [5.74, 6) is 0.848. The smallest absolute Gasteiger partial charge is 0.325 e. The van der Waals surface area contributed by atoms with Crippen LogP contribution in [0.2, 0.25) is 10.0 Å². The first-order valence-corrected chi connectivity index (χ1v) is 11.8. The molecule has 0 saturated carbocycles. The molecule has 30 heavy (non-hydrogen) atoms. The quantitative estimate of drug-likeness (QED) is 0.644. The first-order chi connectivity index (χ1) is 14.5. The summed E-state index contributed by atoms with van der Waals surface area (Å²) in [7, 11) is 0. The fourth-order valence-electron chi connectivity index (χ4n) is 3.88. The molecule has 4 rings (SSSR count). The molecule has 2 aliphatic heterocycles. The number of halogens is 2. The highest BCUT2D eigenvalue weighted by Crippen LogP contribution is 2.37. The third-order valence-corrected chi connectivity index (χ3v) is 7.38. The molecule has 2 fully saturated rings. The van der Waals surface area contributed by atoms with Gasteiger partial charge in [-0.2, -0.15) is 11.8 Å². The highest BCUT2D eigenvalue weighted by atomic mass is 35.5. The molecule has 2 aromatic rings. The molecular formula is C22H23Cl2N3O2S. The predicted molar refractivity (Wildman–Crippen MR) is 124 cm³/mol. The largest absolute Gasteiger partial charge is 0.340 e. The van der Waals surface area contributed by atoms with E-state index in [1.54, 1.807) is 21.9 Å². The SMILES string of the molecule is O=C(CN1CCN(c2cccc(Cl)c2)C1=O)N1CCSC(c2ccccc2Cl)CC1. The summed E-state index contributed by atoms with van der Waals surface area (Å²) >= 11 is 14.2. The van der Waals surface area contributed by atoms with Crippen LogP contribution >= 0.6 is 35.0 Å². The minimum atomic E-state index is -0.149. The number of hydrogen-bond acceptors (Lipinski definition) is 3. The van der Waals surface area contributed by atoms with Crippen molar-refractivity contribution in [2.75, 3.05) is 43.4 Å². The number of anilines is 1. The van der Waals surface area contributed by atoms with E-state index in [-0.39, 0.29) is 23.7 Å². The second-order valence-electron chi connectivity index (χ2n) is 7.39. The molecule has 0 radical (unpaired) electrons. The van der Waals surface area contributed by atoms with Gasteiger partial charge in [0.25, 0.3) is 0 Å². The highest BCUT2D eigenvalue weighted by Gasteiger charge is 2.32. The van der Waals surface area contributed by atoms with Gasteiger partial charge in [-0.05, 0) is 36.2 Å². The summed E-state index contributed by atoms with van der Waals surface area (Å²) < 4.78 is 0. The van der Waals surface area contributed by atoms with E-state index in [1.165, 1.54) is 0 Å². The minimum Gasteiger partial charge on any atom is -0.340 e. The van der Waals surface area contributed by atoms with Gasteiger partial charge in [0.1, 0.15) is 6.54 Å². The molecule has 0 aliphatic carbocycles. The molecular weight excluding hydrogens is 441 g/mol. The van der Waals surface area contributed by atoms with E-state index in [1.807, 2.05) is 47.0 Å². The molecule has 5 nitrogen and oxygen atoms in total. The van der Waals surface area contributed by atoms with Crippen molar-refractivity contribution in [3.05, 3.63) is 64.1 Å². The fourth-order valence-corrected chi connectivity index (χ4v) is 5.66. The number of urea groups is 1. The maximum absolute atomic E-state index is 12.9. The Labute approximate surface area is 190 Å². The lowest BCUT2D eigenvalue weighted by Gasteiger charge is -2.24. The van der Waals surface area contributed by atoms with Crippen molar-refractivity contribution in [2.24, 2.45) is 0 Å². The summed E-state index contributed by atoms with van der Waals surface area (Å²) in [6.07, 6.45) is 0.850. The van der Waals surface area contributed by atoms with Crippen LogP contribution in [-0.4, -0.2) is 60.2 Å². The van der Waals surface area contributed by atoms with E-state index in [0.717, 1.165) is 28.4 Å². The summed E-state index contributed by atoms with van der Waals surface area (Å²) in [5, 5.41) is 1.65. The van der Waals surface area contributed by atoms with Crippen LogP contribution in [0.4, 0.5) is 10.5 Å². The van der Waals surface area contributed by atoms with E-state index in [9.17, 15) is 9.59 Å². The van der Waals surface area contributed by atoms with Gasteiger partial charge >= 0.3 is 6.03 Å². The summed E-state index contributed by atoms with van der Waals surface area (Å²) in [5.41, 5.74) is 1.89. The normalized spacial score (nSPS) is 19.9. The van der Waals surface area contributed by atoms with Crippen LogP contribution < -0.4 is 4.90 Å². The first-order valence-electron chi connectivity index (χ1n) is 9.99. The lowest BCUT2D eigenvalue weighted by molar-refractivity contribution is -0.131. The molecule has 2 aliphatic rings. The van der Waals surface area contributed by atoms with Crippen LogP contribution in [-0.2, 0) is 4.79 Å². The van der Waals surface area contributed by atoms with E-state index >= 15 is 0 Å². The molecule has 158 valence electrons. The van der Waals surface area contributed by atoms with Crippen molar-refractivity contribution >= 4 is 52.6 Å². The third-order valence-electron chi connectivity index (χ3n) is 5.49. The molecule has 2 heterocycles. The zero-order valence-corrected chi connectivity index (χ0v) is 18.8. The minimum absolute atomic E-state index is 0.00305. The van der Waals surface area contributed by atoms with Gasteiger partial charge in [0.2, 0.25) is 5.91 Å². The van der Waals surface area contributed by atoms with Crippen LogP contribution in [0.3, 0.4) is 0 Å². The van der Waals surface area contributed by atoms with Crippen LogP contribution in [0, 0.1) is 0 Å². The summed E-state index contributed by atoms with van der Waals surface area (Å²) in [4.78, 5) is 30.9. The van der Waals surface area contributed by atoms with Gasteiger partial charge in [0.15, 0.2) is 0 Å². The predicted octanol–water partition coefficient (Wildman–Crippen LogP) is 4.94. The molecule has 0 aromatic heterocycles. The fraction of sp³-hybridized carbons (Fsp3) is 0.364. The van der Waals surface area contributed by atoms with Crippen molar-refractivity contribution in [2.45, 2.75) is 11.7 Å². The molecule has 2 aromatic carbocycles. The van der Waals surface area contributed by atoms with Crippen molar-refractivity contribution in [1.82, 2.24) is 9.80 Å². The lowest BCUT2D eigenvalue weighted by Crippen LogP contribution is -2.43. The first kappa shape index (κ1) is 21.3. The van der Waals surface area contributed by atoms with Gasteiger partial charge in [-0.25, -0.2) is 4.79 Å². The Morgan fingerprint density at radius 3 is 2.67 bits per heavy atom. The number of rotatable bonds is 4. The lowest BCUT2D eigenvalue weighted by atomic mass is 10.1. The molecule has 2 saturated heterocycles. The van der Waals surface area contributed by atoms with Crippen LogP contribution in [0.15, 0.2) is 48.5 Å². The number of thioether (sulfide) groups is 1. The molecule has 0 N–H and O–H groups in total. The molecule has 8 heteroatoms. The van der Waals surface area contributed by atoms with Crippen molar-refractivity contribution in [3.8, 4) is 0 Å². The Hall–Kier alpha value is -1.89. The second kappa shape index (κ2) is 9.50. The Morgan fingerprint density at radius 2 is 1.87 bits per heavy atom. The van der Waals surface area contributed by atoms with E-state index in [0.29, 0.717) is 31.2 Å². The monoisotopic (exact) mass is 463 g/mol. The number of carbonyl (C=O) groups excluding carboxylic acids is 2. The van der Waals surface area contributed by atoms with Gasteiger partial charge in [-0.1, -0.05) is 47.5 Å². The molecule has 0 bridgehead atoms. The summed E-state index contributed by atoms with van der Waals surface area (Å²) in [6.45, 7) is 2.54. The number of carbonyl (C=O) groups is 2. The van der Waals surface area contributed by atoms with Gasteiger partial charge in [-0.15, -0.1) is 0 Å². The average Bonchev–Trinajstić information content (AvgIpc) is 2.94. The molecule has 3 amide bonds. The maximum atomic E-state index is 12.9. The van der Waals surface area contributed by atoms with Gasteiger partial charge < -0.3 is 9.80 Å². The Balaban J connectivity index is 1.35. The number of amides is 3. The van der Waals surface area contributed by atoms with Crippen molar-refractivity contribution < 1.29 is 9.59 Å². The maximum Gasteiger partial charge on any atom is 0.325 e. The Bertz CT molecular complexity index is 942. The third kappa shape index (κ3) is 4.71. The van der Waals surface area contributed by atoms with Crippen molar-refractivity contribution in [3.63, 3.8) is 0 Å². The van der Waals surface area contributed by atoms with E-state index in [4.69, 9.17) is 23.2 Å². The van der Waals surface area contributed by atoms with Crippen LogP contribution in [0.25, 0.3) is 0 Å². The topological polar surface area (TPSA) is 43.9 Å². The standard InChI is InChI=1S/C22H23Cl2N3O2S/c23-16-4-3-5-17(14-16)27-11-10-26(22(27)29)15-21(28)25-9-8-20(30-13-12-25)18-6-1-2-7-19(18)24/h1-7,14,20H,8-13,15H2. The Morgan fingerprint density at radius 1 is 1.03 bits per heavy atom. The highest BCUT2D eigenvalue weighted by molar-refractivity contribution is 7.99. The Kier molecular flexibility index (Phi) is 6.76. The van der Waals surface area contributed by atoms with Crippen molar-refractivity contribution in [1.29, 1.82) is 0 Å². The van der Waals surface area contributed by atoms with E-state index < -0.39 is 0 Å². The number of benzene rings is 2. The summed E-state index contributed by atoms with van der Waals surface area (Å²) in [6, 6.07) is 15.0. The molecule has 0 spiro atoms. The number of nitrogens with zero attached hydrogens (tertiary/aromatic N) is 3. The second-order valence-corrected chi connectivity index (χ2v) is 9.54. The molecule has 1 unspecified atom stereocenters. The zero-order chi connectivity index (χ0) is 21.1. The van der Waals surface area contributed by atoms with Crippen LogP contribution in [0.5, 0.6) is 0 Å². The number of hydrogen-bond donors (Lipinski definition) is 0. The zero-order valence-electron chi connectivity index (χ0n) is 16.5. The average molecular weight is 464 g/mol. The molecule has 1 atom stereocenters.